The molecule has 4 atom stereocenters. The molecule has 3 N–H and O–H groups in total. The number of urea groups is 1. The molecule has 0 bridgehead atoms. The number of terminal acetylenes is 1. The van der Waals surface area contributed by atoms with E-state index in [9.17, 15) is 29.1 Å². The molecule has 13 nitrogen and oxygen atoms in total. The van der Waals surface area contributed by atoms with Gasteiger partial charge in [0.25, 0.3) is 6.47 Å². The number of phenols is 1. The highest BCUT2D eigenvalue weighted by atomic mass is 16.5. The number of methoxy groups -OCH3 is 1. The summed E-state index contributed by atoms with van der Waals surface area (Å²) in [5.74, 6) is 3.53. The lowest BCUT2D eigenvalue weighted by atomic mass is 9.76. The molecule has 1 heterocycles. The van der Waals surface area contributed by atoms with E-state index in [0.717, 1.165) is 109 Å². The van der Waals surface area contributed by atoms with E-state index < -0.39 is 11.5 Å². The fourth-order valence-corrected chi connectivity index (χ4v) is 9.50. The van der Waals surface area contributed by atoms with E-state index >= 15 is 0 Å². The average molecular weight is 1150 g/mol. The fraction of sp³-hybridized carbons (Fsp3) is 0.629. The van der Waals surface area contributed by atoms with E-state index in [0.29, 0.717) is 24.7 Å². The van der Waals surface area contributed by atoms with E-state index in [1.54, 1.807) is 44.4 Å². The number of rotatable bonds is 26. The predicted molar refractivity (Wildman–Crippen MR) is 348 cm³/mol. The first-order valence-electron chi connectivity index (χ1n) is 31.2. The van der Waals surface area contributed by atoms with Crippen molar-refractivity contribution in [3.63, 3.8) is 0 Å². The van der Waals surface area contributed by atoms with Crippen molar-refractivity contribution in [2.75, 3.05) is 54.5 Å². The van der Waals surface area contributed by atoms with Crippen LogP contribution in [0.4, 0.5) is 4.79 Å². The van der Waals surface area contributed by atoms with Crippen LogP contribution in [0.25, 0.3) is 22.3 Å². The Labute approximate surface area is 505 Å². The number of carbonyl (C=O) groups is 5. The minimum absolute atomic E-state index is 0.0704. The number of nitrogens with zero attached hydrogens (tertiary/aromatic N) is 3. The maximum atomic E-state index is 13.2. The van der Waals surface area contributed by atoms with Crippen LogP contribution in [0.5, 0.6) is 5.75 Å². The molecular formula is C70H115N5O8. The van der Waals surface area contributed by atoms with E-state index in [4.69, 9.17) is 20.9 Å². The number of aryl methyl sites for hydroxylation is 1. The average Bonchev–Trinajstić information content (AvgIpc) is 4.32. The summed E-state index contributed by atoms with van der Waals surface area (Å²) in [5, 5.41) is 17.1. The molecule has 5 rings (SSSR count). The van der Waals surface area contributed by atoms with Crippen LogP contribution in [-0.2, 0) is 35.1 Å². The number of phenolic OH excluding ortho intramolecular Hbond substituents is 1. The zero-order chi connectivity index (χ0) is 63.7. The molecule has 83 heavy (non-hydrogen) atoms. The van der Waals surface area contributed by atoms with Gasteiger partial charge in [-0.05, 0) is 173 Å². The molecule has 468 valence electrons. The van der Waals surface area contributed by atoms with Crippen molar-refractivity contribution < 1.29 is 38.6 Å². The topological polar surface area (TPSA) is 167 Å². The Morgan fingerprint density at radius 2 is 1.52 bits per heavy atom. The number of ether oxygens (including phenoxy) is 2. The zero-order valence-corrected chi connectivity index (χ0v) is 55.6. The third-order valence-electron chi connectivity index (χ3n) is 14.4. The molecular weight excluding hydrogens is 1040 g/mol. The fourth-order valence-electron chi connectivity index (χ4n) is 9.50. The number of pyridine rings is 1. The summed E-state index contributed by atoms with van der Waals surface area (Å²) in [4.78, 5) is 66.9. The number of hydrogen-bond donors (Lipinski definition) is 3. The zero-order valence-electron chi connectivity index (χ0n) is 55.6. The van der Waals surface area contributed by atoms with Gasteiger partial charge in [0.05, 0.1) is 31.0 Å². The van der Waals surface area contributed by atoms with Crippen LogP contribution in [0.1, 0.15) is 215 Å². The smallest absolute Gasteiger partial charge is 0.319 e. The summed E-state index contributed by atoms with van der Waals surface area (Å²) in [6.07, 6.45) is 20.5. The number of Topliss-reactive ketones (excluding diaryl/α,β-unsaturated/α-hetero) is 1. The molecule has 0 radical (unpaired) electrons. The normalized spacial score (nSPS) is 14.1. The number of ketones is 1. The van der Waals surface area contributed by atoms with Gasteiger partial charge in [0.2, 0.25) is 5.91 Å². The van der Waals surface area contributed by atoms with E-state index in [1.165, 1.54) is 43.1 Å². The number of aldehydes is 1. The second-order valence-corrected chi connectivity index (χ2v) is 22.0. The van der Waals surface area contributed by atoms with Gasteiger partial charge >= 0.3 is 6.03 Å². The summed E-state index contributed by atoms with van der Waals surface area (Å²) in [5.41, 5.74) is 8.39. The molecule has 2 fully saturated rings. The number of likely N-dealkylation sites (N-methyl/N-ethyl adjacent to an activating group) is 1. The third kappa shape index (κ3) is 30.0. The van der Waals surface area contributed by atoms with Crippen molar-refractivity contribution >= 4 is 41.6 Å². The summed E-state index contributed by atoms with van der Waals surface area (Å²) in [7, 11) is 7.06. The number of benzene rings is 2. The second kappa shape index (κ2) is 45.6. The predicted octanol–water partition coefficient (Wildman–Crippen LogP) is 15.5. The van der Waals surface area contributed by atoms with E-state index in [1.807, 2.05) is 74.6 Å². The van der Waals surface area contributed by atoms with Crippen LogP contribution >= 0.6 is 0 Å². The van der Waals surface area contributed by atoms with E-state index in [2.05, 4.69) is 89.3 Å². The molecule has 1 aromatic heterocycles. The molecule has 2 saturated carbocycles. The highest BCUT2D eigenvalue weighted by Gasteiger charge is 2.31. The molecule has 2 aromatic carbocycles. The minimum Gasteiger partial charge on any atom is -0.508 e. The molecule has 3 amide bonds. The number of hydrogen-bond acceptors (Lipinski definition) is 10. The van der Waals surface area contributed by atoms with Crippen molar-refractivity contribution in [2.45, 2.75) is 206 Å². The van der Waals surface area contributed by atoms with Crippen LogP contribution in [-0.4, -0.2) is 111 Å². The van der Waals surface area contributed by atoms with Gasteiger partial charge in [-0.25, -0.2) is 4.79 Å². The molecule has 0 saturated heterocycles. The van der Waals surface area contributed by atoms with Gasteiger partial charge in [-0.1, -0.05) is 134 Å². The van der Waals surface area contributed by atoms with Crippen molar-refractivity contribution in [2.24, 2.45) is 29.1 Å². The largest absolute Gasteiger partial charge is 0.508 e. The van der Waals surface area contributed by atoms with Crippen molar-refractivity contribution in [3.05, 3.63) is 82.7 Å². The maximum absolute atomic E-state index is 13.2. The maximum Gasteiger partial charge on any atom is 0.319 e. The number of aromatic hydroxyl groups is 1. The second-order valence-electron chi connectivity index (χ2n) is 22.0. The molecule has 4 unspecified atom stereocenters. The van der Waals surface area contributed by atoms with Crippen molar-refractivity contribution in [1.82, 2.24) is 25.4 Å². The Balaban J connectivity index is 0. The minimum atomic E-state index is -0.693. The van der Waals surface area contributed by atoms with Crippen molar-refractivity contribution in [3.8, 4) is 29.2 Å². The summed E-state index contributed by atoms with van der Waals surface area (Å²) in [6, 6.07) is 15.0. The highest BCUT2D eigenvalue weighted by molar-refractivity contribution is 5.94. The molecule has 0 spiro atoms. The van der Waals surface area contributed by atoms with E-state index in [-0.39, 0.29) is 61.0 Å². The highest BCUT2D eigenvalue weighted by Crippen LogP contribution is 2.44. The Morgan fingerprint density at radius 3 is 2.05 bits per heavy atom. The lowest BCUT2D eigenvalue weighted by Crippen LogP contribution is -2.44. The van der Waals surface area contributed by atoms with Gasteiger partial charge in [-0.2, -0.15) is 0 Å². The van der Waals surface area contributed by atoms with Crippen molar-refractivity contribution in [1.29, 1.82) is 0 Å². The van der Waals surface area contributed by atoms with Crippen LogP contribution in [0.15, 0.2) is 54.7 Å². The number of allylic oxidation sites excluding steroid dienone is 2. The summed E-state index contributed by atoms with van der Waals surface area (Å²) in [6.45, 7) is 35.3. The number of nitrogens with one attached hydrogen (secondary N) is 2. The van der Waals surface area contributed by atoms with Gasteiger partial charge in [0, 0.05) is 57.3 Å². The summed E-state index contributed by atoms with van der Waals surface area (Å²) < 4.78 is 11.1. The first-order valence-corrected chi connectivity index (χ1v) is 31.2. The number of carbonyl (C=O) groups excluding carboxylic acids is 5. The Bertz CT molecular complexity index is 2370. The Kier molecular flexibility index (Phi) is 43.5. The molecule has 3 aromatic rings. The quantitative estimate of drug-likeness (QED) is 0.0400. The number of unbranched alkanes of at least 4 members (excludes halogenated alkanes) is 2. The van der Waals surface area contributed by atoms with Gasteiger partial charge in [-0.15, -0.1) is 12.3 Å². The molecule has 0 aliphatic heterocycles. The summed E-state index contributed by atoms with van der Waals surface area (Å²) >= 11 is 0. The first kappa shape index (κ1) is 79.2. The number of aromatic nitrogens is 1. The van der Waals surface area contributed by atoms with Gasteiger partial charge < -0.3 is 39.8 Å². The Hall–Kier alpha value is -5.84. The standard InChI is InChI=1S/C45H60N2O6.C9H16N2O2.C7H13N.C3H8.3C2H6/c1-10-28(2)42(38-16-13-19-46-43(38)32(6)52-9)40(25-45(7,8)26-53-27-48)39-24-35(18-17-29(39)3)36-20-33(21-37(50)23-36)22-41(31(5)49)47-44(51)30(4)34-14-11-12-15-34;1-10(5-6-12)9(13)11(2)7-8-3-4-8;1-3-4-5-6-7-8-2;1-3-2;3*1-2/h13,16-21,23-24,27-28,30,32,34,41,50H,10-12,14-15,22,25-26H2,1-9H3,(H,47,51);6,8H,3-5,7H2,1-2H3;1,8H,4-7H2,2H3;3H2,1-2H3;3*1-2H3/b42-40+;;;;;;. The molecule has 2 aliphatic rings. The van der Waals surface area contributed by atoms with Gasteiger partial charge in [-0.3, -0.25) is 19.4 Å². The molecule has 13 heteroatoms. The molecule has 2 aliphatic carbocycles. The first-order chi connectivity index (χ1) is 39.7. The Morgan fingerprint density at radius 1 is 0.892 bits per heavy atom. The number of amides is 3. The van der Waals surface area contributed by atoms with Gasteiger partial charge in [0.15, 0.2) is 5.78 Å². The van der Waals surface area contributed by atoms with Crippen LogP contribution < -0.4 is 10.6 Å². The SMILES string of the molecule is C#CCCCCNC.CC.CC.CC.CCC.CCC(C)/C(=C(/CC(C)(C)COC=O)c1cc(-c2cc(O)cc(CC(NC(=O)C(C)C3CCCC3)C(C)=O)c2)ccc1C)c1cccnc1C(C)OC.CN(CC=O)C(=O)N(C)CC1CC1. The van der Waals surface area contributed by atoms with Crippen LogP contribution in [0, 0.1) is 48.4 Å². The lowest BCUT2D eigenvalue weighted by Gasteiger charge is -2.31. The van der Waals surface area contributed by atoms with Crippen LogP contribution in [0.3, 0.4) is 0 Å². The third-order valence-corrected chi connectivity index (χ3v) is 14.4. The van der Waals surface area contributed by atoms with Gasteiger partial charge in [0.1, 0.15) is 12.0 Å². The monoisotopic (exact) mass is 1150 g/mol. The van der Waals surface area contributed by atoms with Crippen LogP contribution in [0.2, 0.25) is 0 Å². The lowest BCUT2D eigenvalue weighted by molar-refractivity contribution is -0.131.